The predicted molar refractivity (Wildman–Crippen MR) is 50.7 cm³/mol. The van der Waals surface area contributed by atoms with Gasteiger partial charge in [-0.05, 0) is 30.8 Å². The van der Waals surface area contributed by atoms with Crippen molar-refractivity contribution in [2.24, 2.45) is 5.92 Å². The van der Waals surface area contributed by atoms with Gasteiger partial charge in [-0.3, -0.25) is 0 Å². The standard InChI is InChI=1S/C8H15NO2S/c1-12-6-7-2-4-9(5-3-7)8(10)11/h7H,2-6H2,1H3,(H,10,11). The van der Waals surface area contributed by atoms with Crippen LogP contribution in [0.1, 0.15) is 12.8 Å². The number of likely N-dealkylation sites (tertiary alicyclic amines) is 1. The van der Waals surface area contributed by atoms with E-state index in [1.165, 1.54) is 10.7 Å². The smallest absolute Gasteiger partial charge is 0.407 e. The zero-order chi connectivity index (χ0) is 8.97. The molecule has 0 unspecified atom stereocenters. The number of rotatable bonds is 2. The van der Waals surface area contributed by atoms with Crippen LogP contribution in [0.4, 0.5) is 4.79 Å². The number of amides is 1. The zero-order valence-corrected chi connectivity index (χ0v) is 8.14. The van der Waals surface area contributed by atoms with Crippen LogP contribution in [-0.4, -0.2) is 41.2 Å². The van der Waals surface area contributed by atoms with Crippen LogP contribution in [0.15, 0.2) is 0 Å². The number of hydrogen-bond acceptors (Lipinski definition) is 2. The Balaban J connectivity index is 2.25. The van der Waals surface area contributed by atoms with Crippen molar-refractivity contribution >= 4 is 17.9 Å². The van der Waals surface area contributed by atoms with E-state index >= 15 is 0 Å². The first kappa shape index (κ1) is 9.71. The van der Waals surface area contributed by atoms with E-state index in [-0.39, 0.29) is 0 Å². The van der Waals surface area contributed by atoms with Crippen LogP contribution in [0.3, 0.4) is 0 Å². The monoisotopic (exact) mass is 189 g/mol. The lowest BCUT2D eigenvalue weighted by Gasteiger charge is -2.29. The summed E-state index contributed by atoms with van der Waals surface area (Å²) in [6, 6.07) is 0. The van der Waals surface area contributed by atoms with Crippen molar-refractivity contribution in [2.45, 2.75) is 12.8 Å². The second kappa shape index (κ2) is 4.60. The molecule has 1 fully saturated rings. The average Bonchev–Trinajstić information content (AvgIpc) is 2.06. The van der Waals surface area contributed by atoms with Crippen LogP contribution in [-0.2, 0) is 0 Å². The van der Waals surface area contributed by atoms with Gasteiger partial charge in [0.1, 0.15) is 0 Å². The highest BCUT2D eigenvalue weighted by Crippen LogP contribution is 2.20. The van der Waals surface area contributed by atoms with E-state index in [9.17, 15) is 4.79 Å². The molecule has 4 heteroatoms. The molecular weight excluding hydrogens is 174 g/mol. The third-order valence-electron chi connectivity index (χ3n) is 2.29. The summed E-state index contributed by atoms with van der Waals surface area (Å²) in [5, 5.41) is 8.68. The van der Waals surface area contributed by atoms with Gasteiger partial charge < -0.3 is 10.0 Å². The maximum absolute atomic E-state index is 10.5. The van der Waals surface area contributed by atoms with Crippen LogP contribution < -0.4 is 0 Å². The Hall–Kier alpha value is -0.380. The summed E-state index contributed by atoms with van der Waals surface area (Å²) >= 11 is 1.85. The number of hydrogen-bond donors (Lipinski definition) is 1. The Morgan fingerprint density at radius 3 is 2.58 bits per heavy atom. The van der Waals surface area contributed by atoms with Crippen LogP contribution in [0.2, 0.25) is 0 Å². The molecular formula is C8H15NO2S. The molecule has 0 aromatic rings. The SMILES string of the molecule is CSCC1CCN(C(=O)O)CC1. The lowest BCUT2D eigenvalue weighted by Crippen LogP contribution is -2.37. The fraction of sp³-hybridized carbons (Fsp3) is 0.875. The van der Waals surface area contributed by atoms with Crippen molar-refractivity contribution < 1.29 is 9.90 Å². The van der Waals surface area contributed by atoms with Crippen LogP contribution in [0.5, 0.6) is 0 Å². The van der Waals surface area contributed by atoms with Gasteiger partial charge in [-0.15, -0.1) is 0 Å². The third-order valence-corrected chi connectivity index (χ3v) is 3.09. The van der Waals surface area contributed by atoms with Gasteiger partial charge >= 0.3 is 6.09 Å². The predicted octanol–water partition coefficient (Wildman–Crippen LogP) is 1.74. The molecule has 0 aliphatic carbocycles. The van der Waals surface area contributed by atoms with E-state index in [2.05, 4.69) is 6.26 Å². The minimum atomic E-state index is -0.766. The molecule has 1 amide bonds. The Morgan fingerprint density at radius 2 is 2.17 bits per heavy atom. The maximum atomic E-state index is 10.5. The average molecular weight is 189 g/mol. The molecule has 70 valence electrons. The molecule has 1 aliphatic rings. The van der Waals surface area contributed by atoms with E-state index in [0.29, 0.717) is 0 Å². The van der Waals surface area contributed by atoms with E-state index in [4.69, 9.17) is 5.11 Å². The molecule has 0 bridgehead atoms. The first-order valence-corrected chi connectivity index (χ1v) is 5.60. The summed E-state index contributed by atoms with van der Waals surface area (Å²) in [6.45, 7) is 1.45. The van der Waals surface area contributed by atoms with Crippen LogP contribution in [0.25, 0.3) is 0 Å². The van der Waals surface area contributed by atoms with Crippen molar-refractivity contribution in [3.05, 3.63) is 0 Å². The van der Waals surface area contributed by atoms with Gasteiger partial charge in [0.2, 0.25) is 0 Å². The topological polar surface area (TPSA) is 40.5 Å². The first-order valence-electron chi connectivity index (χ1n) is 4.21. The molecule has 0 spiro atoms. The van der Waals surface area contributed by atoms with E-state index in [1.54, 1.807) is 0 Å². The fourth-order valence-corrected chi connectivity index (χ4v) is 2.33. The quantitative estimate of drug-likeness (QED) is 0.719. The summed E-state index contributed by atoms with van der Waals surface area (Å²) < 4.78 is 0. The lowest BCUT2D eigenvalue weighted by molar-refractivity contribution is 0.127. The van der Waals surface area contributed by atoms with Crippen LogP contribution >= 0.6 is 11.8 Å². The third kappa shape index (κ3) is 2.59. The molecule has 1 rings (SSSR count). The molecule has 1 heterocycles. The van der Waals surface area contributed by atoms with Gasteiger partial charge in [0.05, 0.1) is 0 Å². The van der Waals surface area contributed by atoms with Gasteiger partial charge in [-0.2, -0.15) is 11.8 Å². The largest absolute Gasteiger partial charge is 0.465 e. The van der Waals surface area contributed by atoms with E-state index < -0.39 is 6.09 Å². The molecule has 0 atom stereocenters. The molecule has 0 saturated carbocycles. The molecule has 0 aromatic heterocycles. The maximum Gasteiger partial charge on any atom is 0.407 e. The number of piperidine rings is 1. The highest BCUT2D eigenvalue weighted by Gasteiger charge is 2.21. The number of carbonyl (C=O) groups is 1. The molecule has 0 radical (unpaired) electrons. The Labute approximate surface area is 77.1 Å². The second-order valence-electron chi connectivity index (χ2n) is 3.17. The number of nitrogens with zero attached hydrogens (tertiary/aromatic N) is 1. The molecule has 12 heavy (non-hydrogen) atoms. The first-order chi connectivity index (χ1) is 5.74. The summed E-state index contributed by atoms with van der Waals surface area (Å²) in [4.78, 5) is 12.1. The van der Waals surface area contributed by atoms with Crippen molar-refractivity contribution in [2.75, 3.05) is 25.1 Å². The second-order valence-corrected chi connectivity index (χ2v) is 4.08. The van der Waals surface area contributed by atoms with Gasteiger partial charge in [0.15, 0.2) is 0 Å². The highest BCUT2D eigenvalue weighted by atomic mass is 32.2. The van der Waals surface area contributed by atoms with Crippen molar-refractivity contribution in [3.63, 3.8) is 0 Å². The normalized spacial score (nSPS) is 19.6. The molecule has 1 saturated heterocycles. The van der Waals surface area contributed by atoms with E-state index in [1.807, 2.05) is 11.8 Å². The molecule has 3 nitrogen and oxygen atoms in total. The number of thioether (sulfide) groups is 1. The Morgan fingerprint density at radius 1 is 1.58 bits per heavy atom. The van der Waals surface area contributed by atoms with Crippen LogP contribution in [0, 0.1) is 5.92 Å². The van der Waals surface area contributed by atoms with Crippen molar-refractivity contribution in [1.82, 2.24) is 4.90 Å². The van der Waals surface area contributed by atoms with Gasteiger partial charge in [0, 0.05) is 13.1 Å². The van der Waals surface area contributed by atoms with E-state index in [0.717, 1.165) is 31.8 Å². The fourth-order valence-electron chi connectivity index (χ4n) is 1.53. The molecule has 1 N–H and O–H groups in total. The Kier molecular flexibility index (Phi) is 3.72. The summed E-state index contributed by atoms with van der Waals surface area (Å²) in [6.07, 6.45) is 3.40. The zero-order valence-electron chi connectivity index (χ0n) is 7.32. The van der Waals surface area contributed by atoms with Crippen molar-refractivity contribution in [1.29, 1.82) is 0 Å². The highest BCUT2D eigenvalue weighted by molar-refractivity contribution is 7.98. The van der Waals surface area contributed by atoms with Crippen molar-refractivity contribution in [3.8, 4) is 0 Å². The summed E-state index contributed by atoms with van der Waals surface area (Å²) in [5.74, 6) is 1.91. The Bertz CT molecular complexity index is 155. The lowest BCUT2D eigenvalue weighted by atomic mass is 9.99. The minimum Gasteiger partial charge on any atom is -0.465 e. The molecule has 0 aromatic carbocycles. The summed E-state index contributed by atoms with van der Waals surface area (Å²) in [7, 11) is 0. The van der Waals surface area contributed by atoms with Gasteiger partial charge in [-0.1, -0.05) is 0 Å². The molecule has 1 aliphatic heterocycles. The van der Waals surface area contributed by atoms with Gasteiger partial charge in [-0.25, -0.2) is 4.79 Å². The minimum absolute atomic E-state index is 0.723. The number of carboxylic acid groups (broad SMARTS) is 1. The van der Waals surface area contributed by atoms with Gasteiger partial charge in [0.25, 0.3) is 0 Å². The summed E-state index contributed by atoms with van der Waals surface area (Å²) in [5.41, 5.74) is 0.